The SMILES string of the molecule is O=c1c2ccccc2nc(-c2cc3cc(Cl)ccc3o2)n1N=Cc1cccc(OCc2ccccc2F)c1. The van der Waals surface area contributed by atoms with Crippen LogP contribution in [0.4, 0.5) is 4.39 Å². The predicted molar refractivity (Wildman–Crippen MR) is 146 cm³/mol. The van der Waals surface area contributed by atoms with Crippen molar-refractivity contribution in [1.82, 2.24) is 9.66 Å². The number of halogens is 2. The van der Waals surface area contributed by atoms with E-state index >= 15 is 0 Å². The number of para-hydroxylation sites is 1. The van der Waals surface area contributed by atoms with Crippen molar-refractivity contribution in [2.24, 2.45) is 5.10 Å². The van der Waals surface area contributed by atoms with Gasteiger partial charge in [-0.05, 0) is 60.2 Å². The maximum absolute atomic E-state index is 13.9. The van der Waals surface area contributed by atoms with E-state index in [0.29, 0.717) is 44.1 Å². The summed E-state index contributed by atoms with van der Waals surface area (Å²) in [7, 11) is 0. The number of hydrogen-bond donors (Lipinski definition) is 0. The van der Waals surface area contributed by atoms with Crippen LogP contribution >= 0.6 is 11.6 Å². The van der Waals surface area contributed by atoms with Gasteiger partial charge in [0.1, 0.15) is 23.8 Å². The van der Waals surface area contributed by atoms with Crippen LogP contribution in [-0.2, 0) is 6.61 Å². The molecule has 0 saturated heterocycles. The van der Waals surface area contributed by atoms with E-state index in [9.17, 15) is 9.18 Å². The van der Waals surface area contributed by atoms with Crippen molar-refractivity contribution in [1.29, 1.82) is 0 Å². The Morgan fingerprint density at radius 1 is 0.974 bits per heavy atom. The van der Waals surface area contributed by atoms with Crippen LogP contribution in [0.2, 0.25) is 5.02 Å². The molecule has 0 aliphatic heterocycles. The molecule has 0 amide bonds. The highest BCUT2D eigenvalue weighted by molar-refractivity contribution is 6.31. The Labute approximate surface area is 221 Å². The van der Waals surface area contributed by atoms with Gasteiger partial charge in [0.2, 0.25) is 5.82 Å². The largest absolute Gasteiger partial charge is 0.489 e. The van der Waals surface area contributed by atoms with Crippen molar-refractivity contribution in [2.45, 2.75) is 6.61 Å². The number of ether oxygens (including phenoxy) is 1. The van der Waals surface area contributed by atoms with E-state index in [-0.39, 0.29) is 23.8 Å². The first kappa shape index (κ1) is 23.6. The Hall–Kier alpha value is -4.75. The van der Waals surface area contributed by atoms with E-state index in [1.165, 1.54) is 17.0 Å². The predicted octanol–water partition coefficient (Wildman–Crippen LogP) is 7.06. The average Bonchev–Trinajstić information content (AvgIpc) is 3.35. The van der Waals surface area contributed by atoms with Gasteiger partial charge in [0.15, 0.2) is 5.76 Å². The smallest absolute Gasteiger partial charge is 0.282 e. The zero-order valence-corrected chi connectivity index (χ0v) is 20.6. The molecule has 0 saturated carbocycles. The minimum Gasteiger partial charge on any atom is -0.489 e. The molecule has 6 aromatic rings. The molecule has 8 heteroatoms. The van der Waals surface area contributed by atoms with Gasteiger partial charge in [0, 0.05) is 16.0 Å². The first-order chi connectivity index (χ1) is 18.5. The number of furan rings is 1. The summed E-state index contributed by atoms with van der Waals surface area (Å²) in [5.41, 5.74) is 1.94. The number of rotatable bonds is 6. The van der Waals surface area contributed by atoms with Crippen molar-refractivity contribution in [2.75, 3.05) is 0 Å². The molecule has 0 bridgehead atoms. The third-order valence-electron chi connectivity index (χ3n) is 5.99. The van der Waals surface area contributed by atoms with Gasteiger partial charge >= 0.3 is 0 Å². The molecular formula is C30H19ClFN3O3. The maximum atomic E-state index is 13.9. The summed E-state index contributed by atoms with van der Waals surface area (Å²) in [6.07, 6.45) is 1.54. The molecule has 2 aromatic heterocycles. The molecule has 38 heavy (non-hydrogen) atoms. The molecule has 186 valence electrons. The number of fused-ring (bicyclic) bond motifs is 2. The monoisotopic (exact) mass is 523 g/mol. The Morgan fingerprint density at radius 3 is 2.71 bits per heavy atom. The van der Waals surface area contributed by atoms with E-state index in [1.807, 2.05) is 12.1 Å². The quantitative estimate of drug-likeness (QED) is 0.219. The molecule has 0 fully saturated rings. The number of aromatic nitrogens is 2. The highest BCUT2D eigenvalue weighted by Crippen LogP contribution is 2.29. The summed E-state index contributed by atoms with van der Waals surface area (Å²) < 4.78 is 26.9. The Balaban J connectivity index is 1.38. The highest BCUT2D eigenvalue weighted by Gasteiger charge is 2.16. The third-order valence-corrected chi connectivity index (χ3v) is 6.22. The van der Waals surface area contributed by atoms with Gasteiger partial charge in [-0.25, -0.2) is 9.37 Å². The lowest BCUT2D eigenvalue weighted by Gasteiger charge is -2.08. The van der Waals surface area contributed by atoms with Crippen molar-refractivity contribution in [3.8, 4) is 17.3 Å². The standard InChI is InChI=1S/C30H19ClFN3O3/c31-22-12-13-27-21(15-22)16-28(38-27)29-34-26-11-4-2-9-24(26)30(36)35(29)33-17-19-6-5-8-23(14-19)37-18-20-7-1-3-10-25(20)32/h1-17H,18H2. The van der Waals surface area contributed by atoms with Crippen molar-refractivity contribution >= 4 is 39.7 Å². The number of nitrogens with zero attached hydrogens (tertiary/aromatic N) is 3. The van der Waals surface area contributed by atoms with Gasteiger partial charge in [-0.2, -0.15) is 9.78 Å². The molecule has 4 aromatic carbocycles. The Morgan fingerprint density at radius 2 is 1.82 bits per heavy atom. The van der Waals surface area contributed by atoms with Crippen LogP contribution in [0.3, 0.4) is 0 Å². The summed E-state index contributed by atoms with van der Waals surface area (Å²) in [5, 5.41) is 6.26. The van der Waals surface area contributed by atoms with Gasteiger partial charge in [-0.3, -0.25) is 4.79 Å². The zero-order valence-electron chi connectivity index (χ0n) is 19.8. The number of benzene rings is 4. The molecule has 6 rings (SSSR count). The Kier molecular flexibility index (Phi) is 6.19. The summed E-state index contributed by atoms with van der Waals surface area (Å²) in [6, 6.07) is 27.7. The Bertz CT molecular complexity index is 1890. The second kappa shape index (κ2) is 9.95. The van der Waals surface area contributed by atoms with E-state index < -0.39 is 0 Å². The normalized spacial score (nSPS) is 11.5. The fourth-order valence-corrected chi connectivity index (χ4v) is 4.28. The minimum atomic E-state index is -0.340. The van der Waals surface area contributed by atoms with Gasteiger partial charge in [-0.1, -0.05) is 54.1 Å². The fourth-order valence-electron chi connectivity index (χ4n) is 4.10. The molecule has 0 atom stereocenters. The van der Waals surface area contributed by atoms with E-state index in [1.54, 1.807) is 78.9 Å². The first-order valence-corrected chi connectivity index (χ1v) is 12.1. The summed E-state index contributed by atoms with van der Waals surface area (Å²) >= 11 is 6.14. The molecular weight excluding hydrogens is 505 g/mol. The maximum Gasteiger partial charge on any atom is 0.282 e. The summed E-state index contributed by atoms with van der Waals surface area (Å²) in [6.45, 7) is 0.0849. The van der Waals surface area contributed by atoms with Crippen LogP contribution in [0.15, 0.2) is 111 Å². The van der Waals surface area contributed by atoms with Crippen LogP contribution < -0.4 is 10.3 Å². The molecule has 0 radical (unpaired) electrons. The summed E-state index contributed by atoms with van der Waals surface area (Å²) in [5.74, 6) is 0.845. The van der Waals surface area contributed by atoms with Crippen LogP contribution in [0.1, 0.15) is 11.1 Å². The molecule has 0 unspecified atom stereocenters. The van der Waals surface area contributed by atoms with Crippen LogP contribution in [0.25, 0.3) is 33.5 Å². The fraction of sp³-hybridized carbons (Fsp3) is 0.0333. The van der Waals surface area contributed by atoms with E-state index in [0.717, 1.165) is 5.39 Å². The lowest BCUT2D eigenvalue weighted by Crippen LogP contribution is -2.20. The van der Waals surface area contributed by atoms with Gasteiger partial charge < -0.3 is 9.15 Å². The number of hydrogen-bond acceptors (Lipinski definition) is 5. The van der Waals surface area contributed by atoms with E-state index in [2.05, 4.69) is 10.1 Å². The van der Waals surface area contributed by atoms with Crippen molar-refractivity contribution < 1.29 is 13.5 Å². The third kappa shape index (κ3) is 4.67. The zero-order chi connectivity index (χ0) is 26.1. The van der Waals surface area contributed by atoms with Gasteiger partial charge in [0.25, 0.3) is 5.56 Å². The average molecular weight is 524 g/mol. The van der Waals surface area contributed by atoms with Gasteiger partial charge in [0.05, 0.1) is 17.1 Å². The van der Waals surface area contributed by atoms with Gasteiger partial charge in [-0.15, -0.1) is 0 Å². The second-order valence-corrected chi connectivity index (χ2v) is 9.00. The second-order valence-electron chi connectivity index (χ2n) is 8.56. The molecule has 6 nitrogen and oxygen atoms in total. The molecule has 0 aliphatic rings. The van der Waals surface area contributed by atoms with Crippen molar-refractivity contribution in [3.05, 3.63) is 129 Å². The molecule has 0 spiro atoms. The molecule has 0 aliphatic carbocycles. The lowest BCUT2D eigenvalue weighted by atomic mass is 10.2. The van der Waals surface area contributed by atoms with Crippen LogP contribution in [0, 0.1) is 5.82 Å². The highest BCUT2D eigenvalue weighted by atomic mass is 35.5. The van der Waals surface area contributed by atoms with Crippen LogP contribution in [0.5, 0.6) is 5.75 Å². The van der Waals surface area contributed by atoms with Crippen molar-refractivity contribution in [3.63, 3.8) is 0 Å². The minimum absolute atomic E-state index is 0.0849. The topological polar surface area (TPSA) is 69.6 Å². The molecule has 0 N–H and O–H groups in total. The molecule has 2 heterocycles. The summed E-state index contributed by atoms with van der Waals surface area (Å²) in [4.78, 5) is 18.1. The van der Waals surface area contributed by atoms with Crippen LogP contribution in [-0.4, -0.2) is 15.9 Å². The lowest BCUT2D eigenvalue weighted by molar-refractivity contribution is 0.300. The first-order valence-electron chi connectivity index (χ1n) is 11.8. The van der Waals surface area contributed by atoms with E-state index in [4.69, 9.17) is 20.8 Å².